The van der Waals surface area contributed by atoms with E-state index in [1.165, 1.54) is 26.4 Å². The molecule has 0 aliphatic heterocycles. The molecule has 1 amide bonds. The minimum absolute atomic E-state index is 0.273. The van der Waals surface area contributed by atoms with Crippen LogP contribution in [0.2, 0.25) is 0 Å². The normalized spacial score (nSPS) is 10.6. The van der Waals surface area contributed by atoms with Crippen molar-refractivity contribution < 1.29 is 22.7 Å². The van der Waals surface area contributed by atoms with Gasteiger partial charge in [0.15, 0.2) is 11.5 Å². The van der Waals surface area contributed by atoms with Crippen LogP contribution in [0.5, 0.6) is 11.5 Å². The van der Waals surface area contributed by atoms with Gasteiger partial charge in [-0.15, -0.1) is 0 Å². The van der Waals surface area contributed by atoms with Crippen LogP contribution < -0.4 is 19.1 Å². The minimum atomic E-state index is -3.72. The molecule has 2 rings (SSSR count). The average molecular weight is 403 g/mol. The highest BCUT2D eigenvalue weighted by Gasteiger charge is 2.22. The summed E-state index contributed by atoms with van der Waals surface area (Å²) in [5.41, 5.74) is 1.61. The van der Waals surface area contributed by atoms with E-state index in [2.05, 4.69) is 5.32 Å². The van der Waals surface area contributed by atoms with Crippen molar-refractivity contribution in [3.8, 4) is 17.6 Å². The number of hydrogen-bond acceptors (Lipinski definition) is 6. The predicted octanol–water partition coefficient (Wildman–Crippen LogP) is 2.17. The number of sulfonamides is 1. The summed E-state index contributed by atoms with van der Waals surface area (Å²) in [5.74, 6) is 0.289. The molecular formula is C19H21N3O5S. The summed E-state index contributed by atoms with van der Waals surface area (Å²) >= 11 is 0. The number of carbonyl (C=O) groups excluding carboxylic acids is 1. The molecule has 2 aromatic rings. The highest BCUT2D eigenvalue weighted by atomic mass is 32.2. The van der Waals surface area contributed by atoms with Gasteiger partial charge in [-0.05, 0) is 29.8 Å². The second kappa shape index (κ2) is 9.10. The van der Waals surface area contributed by atoms with E-state index in [1.54, 1.807) is 30.3 Å². The average Bonchev–Trinajstić information content (AvgIpc) is 2.66. The van der Waals surface area contributed by atoms with Crippen LogP contribution in [-0.2, 0) is 21.2 Å². The number of benzene rings is 2. The molecule has 0 saturated carbocycles. The zero-order valence-corrected chi connectivity index (χ0v) is 16.6. The predicted molar refractivity (Wildman–Crippen MR) is 106 cm³/mol. The third-order valence-corrected chi connectivity index (χ3v) is 5.00. The van der Waals surface area contributed by atoms with Crippen molar-refractivity contribution in [1.29, 1.82) is 5.26 Å². The standard InChI is InChI=1S/C19H21N3O5S/c1-26-17-9-8-16(12-18(17)27-2)22(28(3,24)25)13-19(23)21-15-6-4-14(5-7-15)10-11-20/h4-9,12H,10,13H2,1-3H3,(H,21,23). The molecule has 0 radical (unpaired) electrons. The van der Waals surface area contributed by atoms with Crippen LogP contribution in [0.25, 0.3) is 0 Å². The van der Waals surface area contributed by atoms with E-state index in [9.17, 15) is 13.2 Å². The SMILES string of the molecule is COc1ccc(N(CC(=O)Nc2ccc(CC#N)cc2)S(C)(=O)=O)cc1OC. The fraction of sp³-hybridized carbons (Fsp3) is 0.263. The van der Waals surface area contributed by atoms with Crippen LogP contribution in [0.15, 0.2) is 42.5 Å². The molecule has 0 aliphatic carbocycles. The molecule has 0 heterocycles. The van der Waals surface area contributed by atoms with Gasteiger partial charge in [0.05, 0.1) is 38.7 Å². The first kappa shape index (κ1) is 21.1. The lowest BCUT2D eigenvalue weighted by Gasteiger charge is -2.23. The number of amides is 1. The van der Waals surface area contributed by atoms with E-state index in [4.69, 9.17) is 14.7 Å². The molecule has 0 fully saturated rings. The van der Waals surface area contributed by atoms with Crippen molar-refractivity contribution in [2.24, 2.45) is 0 Å². The number of anilines is 2. The van der Waals surface area contributed by atoms with Gasteiger partial charge < -0.3 is 14.8 Å². The van der Waals surface area contributed by atoms with Crippen molar-refractivity contribution in [2.45, 2.75) is 6.42 Å². The van der Waals surface area contributed by atoms with Gasteiger partial charge in [0.1, 0.15) is 6.54 Å². The summed E-state index contributed by atoms with van der Waals surface area (Å²) in [4.78, 5) is 12.4. The third-order valence-electron chi connectivity index (χ3n) is 3.86. The Kier molecular flexibility index (Phi) is 6.84. The van der Waals surface area contributed by atoms with E-state index in [1.807, 2.05) is 6.07 Å². The van der Waals surface area contributed by atoms with Gasteiger partial charge in [0.2, 0.25) is 15.9 Å². The minimum Gasteiger partial charge on any atom is -0.493 e. The van der Waals surface area contributed by atoms with Crippen LogP contribution in [0, 0.1) is 11.3 Å². The zero-order valence-electron chi connectivity index (χ0n) is 15.8. The number of carbonyl (C=O) groups is 1. The lowest BCUT2D eigenvalue weighted by atomic mass is 10.1. The topological polar surface area (TPSA) is 109 Å². The van der Waals surface area contributed by atoms with E-state index in [0.717, 1.165) is 16.1 Å². The summed E-state index contributed by atoms with van der Waals surface area (Å²) in [6, 6.07) is 13.4. The maximum absolute atomic E-state index is 12.4. The van der Waals surface area contributed by atoms with E-state index in [0.29, 0.717) is 17.2 Å². The number of nitrogens with one attached hydrogen (secondary N) is 1. The fourth-order valence-corrected chi connectivity index (χ4v) is 3.36. The molecule has 0 spiro atoms. The Morgan fingerprint density at radius 2 is 1.75 bits per heavy atom. The van der Waals surface area contributed by atoms with Crippen LogP contribution >= 0.6 is 0 Å². The number of nitrogens with zero attached hydrogens (tertiary/aromatic N) is 2. The number of rotatable bonds is 8. The Labute approximate surface area is 164 Å². The van der Waals surface area contributed by atoms with Crippen molar-refractivity contribution in [3.63, 3.8) is 0 Å². The van der Waals surface area contributed by atoms with Gasteiger partial charge >= 0.3 is 0 Å². The molecule has 0 saturated heterocycles. The first-order valence-electron chi connectivity index (χ1n) is 8.24. The Morgan fingerprint density at radius 1 is 1.11 bits per heavy atom. The number of hydrogen-bond donors (Lipinski definition) is 1. The maximum atomic E-state index is 12.4. The molecule has 0 aromatic heterocycles. The van der Waals surface area contributed by atoms with Gasteiger partial charge in [0.25, 0.3) is 0 Å². The Bertz CT molecular complexity index is 982. The van der Waals surface area contributed by atoms with Gasteiger partial charge in [0, 0.05) is 11.8 Å². The van der Waals surface area contributed by atoms with Crippen molar-refractivity contribution in [1.82, 2.24) is 0 Å². The summed E-state index contributed by atoms with van der Waals surface area (Å²) in [5, 5.41) is 11.3. The van der Waals surface area contributed by atoms with Gasteiger partial charge in [-0.1, -0.05) is 12.1 Å². The summed E-state index contributed by atoms with van der Waals surface area (Å²) in [6.45, 7) is -0.408. The molecule has 2 aromatic carbocycles. The second-order valence-electron chi connectivity index (χ2n) is 5.89. The molecule has 0 aliphatic rings. The fourth-order valence-electron chi connectivity index (χ4n) is 2.51. The monoisotopic (exact) mass is 403 g/mol. The lowest BCUT2D eigenvalue weighted by molar-refractivity contribution is -0.114. The number of methoxy groups -OCH3 is 2. The van der Waals surface area contributed by atoms with Crippen LogP contribution in [0.1, 0.15) is 5.56 Å². The number of ether oxygens (including phenoxy) is 2. The molecule has 8 nitrogen and oxygen atoms in total. The van der Waals surface area contributed by atoms with Crippen molar-refractivity contribution in [3.05, 3.63) is 48.0 Å². The van der Waals surface area contributed by atoms with Gasteiger partial charge in [-0.3, -0.25) is 9.10 Å². The summed E-state index contributed by atoms with van der Waals surface area (Å²) in [7, 11) is -0.811. The smallest absolute Gasteiger partial charge is 0.245 e. The third kappa shape index (κ3) is 5.37. The molecule has 0 unspecified atom stereocenters. The Morgan fingerprint density at radius 3 is 2.29 bits per heavy atom. The largest absolute Gasteiger partial charge is 0.493 e. The lowest BCUT2D eigenvalue weighted by Crippen LogP contribution is -2.37. The quantitative estimate of drug-likeness (QED) is 0.724. The number of nitriles is 1. The van der Waals surface area contributed by atoms with E-state index >= 15 is 0 Å². The van der Waals surface area contributed by atoms with Crippen molar-refractivity contribution >= 4 is 27.3 Å². The zero-order chi connectivity index (χ0) is 20.7. The Hall–Kier alpha value is -3.25. The van der Waals surface area contributed by atoms with Gasteiger partial charge in [-0.25, -0.2) is 8.42 Å². The molecule has 0 bridgehead atoms. The molecule has 9 heteroatoms. The molecule has 1 N–H and O–H groups in total. The van der Waals surface area contributed by atoms with E-state index in [-0.39, 0.29) is 12.1 Å². The van der Waals surface area contributed by atoms with Crippen LogP contribution in [0.4, 0.5) is 11.4 Å². The van der Waals surface area contributed by atoms with E-state index < -0.39 is 22.5 Å². The maximum Gasteiger partial charge on any atom is 0.245 e. The van der Waals surface area contributed by atoms with Crippen LogP contribution in [0.3, 0.4) is 0 Å². The summed E-state index contributed by atoms with van der Waals surface area (Å²) < 4.78 is 35.8. The second-order valence-corrected chi connectivity index (χ2v) is 7.80. The van der Waals surface area contributed by atoms with Crippen LogP contribution in [-0.4, -0.2) is 41.3 Å². The summed E-state index contributed by atoms with van der Waals surface area (Å²) in [6.07, 6.45) is 1.29. The Balaban J connectivity index is 2.21. The highest BCUT2D eigenvalue weighted by molar-refractivity contribution is 7.92. The molecule has 28 heavy (non-hydrogen) atoms. The first-order chi connectivity index (χ1) is 13.3. The molecular weight excluding hydrogens is 382 g/mol. The first-order valence-corrected chi connectivity index (χ1v) is 10.1. The molecule has 0 atom stereocenters. The van der Waals surface area contributed by atoms with Gasteiger partial charge in [-0.2, -0.15) is 5.26 Å². The highest BCUT2D eigenvalue weighted by Crippen LogP contribution is 2.32. The molecule has 148 valence electrons. The van der Waals surface area contributed by atoms with Crippen molar-refractivity contribution in [2.75, 3.05) is 36.6 Å².